The van der Waals surface area contributed by atoms with Crippen molar-refractivity contribution in [1.29, 1.82) is 0 Å². The van der Waals surface area contributed by atoms with E-state index in [0.717, 1.165) is 5.56 Å². The zero-order valence-electron chi connectivity index (χ0n) is 14.9. The van der Waals surface area contributed by atoms with Gasteiger partial charge in [0.15, 0.2) is 11.5 Å². The fourth-order valence-corrected chi connectivity index (χ4v) is 2.91. The molecule has 0 aliphatic carbocycles. The van der Waals surface area contributed by atoms with Crippen molar-refractivity contribution in [2.45, 2.75) is 25.8 Å². The third-order valence-corrected chi connectivity index (χ3v) is 4.31. The maximum absolute atomic E-state index is 12.9. The first-order valence-corrected chi connectivity index (χ1v) is 8.53. The molecule has 2 aromatic carbocycles. The smallest absolute Gasteiger partial charge is 0.249 e. The quantitative estimate of drug-likeness (QED) is 0.866. The van der Waals surface area contributed by atoms with Gasteiger partial charge in [-0.1, -0.05) is 30.3 Å². The number of benzene rings is 2. The summed E-state index contributed by atoms with van der Waals surface area (Å²) in [5, 5.41) is 2.77. The Hall–Kier alpha value is -3.02. The monoisotopic (exact) mass is 354 g/mol. The Morgan fingerprint density at radius 2 is 1.85 bits per heavy atom. The molecule has 0 aromatic heterocycles. The first-order valence-electron chi connectivity index (χ1n) is 8.53. The van der Waals surface area contributed by atoms with Gasteiger partial charge in [-0.05, 0) is 30.5 Å². The van der Waals surface area contributed by atoms with E-state index in [9.17, 15) is 9.59 Å². The van der Waals surface area contributed by atoms with Crippen molar-refractivity contribution in [3.05, 3.63) is 54.1 Å². The topological polar surface area (TPSA) is 67.9 Å². The second-order valence-corrected chi connectivity index (χ2v) is 6.21. The van der Waals surface area contributed by atoms with Gasteiger partial charge in [-0.25, -0.2) is 0 Å². The highest BCUT2D eigenvalue weighted by Gasteiger charge is 2.25. The first-order chi connectivity index (χ1) is 12.5. The number of anilines is 1. The maximum atomic E-state index is 12.9. The van der Waals surface area contributed by atoms with Gasteiger partial charge in [0.25, 0.3) is 0 Å². The number of fused-ring (bicyclic) bond motifs is 1. The molecule has 26 heavy (non-hydrogen) atoms. The van der Waals surface area contributed by atoms with Crippen LogP contribution in [0.1, 0.15) is 18.9 Å². The van der Waals surface area contributed by atoms with Gasteiger partial charge in [0.1, 0.15) is 6.04 Å². The molecule has 1 aliphatic heterocycles. The van der Waals surface area contributed by atoms with Crippen molar-refractivity contribution < 1.29 is 19.1 Å². The summed E-state index contributed by atoms with van der Waals surface area (Å²) >= 11 is 0. The summed E-state index contributed by atoms with van der Waals surface area (Å²) in [5.41, 5.74) is 1.82. The lowest BCUT2D eigenvalue weighted by molar-refractivity contribution is -0.126. The molecule has 1 atom stereocenters. The van der Waals surface area contributed by atoms with Crippen LogP contribution in [0.2, 0.25) is 0 Å². The fraction of sp³-hybridized carbons (Fsp3) is 0.300. The van der Waals surface area contributed by atoms with Crippen LogP contribution in [0, 0.1) is 0 Å². The van der Waals surface area contributed by atoms with Gasteiger partial charge < -0.3 is 19.7 Å². The molecule has 2 amide bonds. The number of rotatable bonds is 6. The molecule has 3 rings (SSSR count). The molecule has 6 heteroatoms. The minimum atomic E-state index is -0.594. The van der Waals surface area contributed by atoms with E-state index in [2.05, 4.69) is 5.32 Å². The second kappa shape index (κ2) is 7.91. The third-order valence-electron chi connectivity index (χ3n) is 4.31. The van der Waals surface area contributed by atoms with E-state index in [1.54, 1.807) is 25.2 Å². The number of amides is 2. The molecule has 0 fully saturated rings. The molecule has 2 aromatic rings. The molecule has 0 saturated heterocycles. The van der Waals surface area contributed by atoms with Crippen LogP contribution >= 0.6 is 0 Å². The average molecular weight is 354 g/mol. The summed E-state index contributed by atoms with van der Waals surface area (Å²) in [6.45, 7) is 1.60. The molecular weight excluding hydrogens is 332 g/mol. The third kappa shape index (κ3) is 4.14. The SMILES string of the molecule is CC(=O)N[C@@H](CCc1ccccc1)C(=O)N(C)c1ccc2c(c1)OCO2. The number of hydrogen-bond donors (Lipinski definition) is 1. The van der Waals surface area contributed by atoms with Crippen LogP contribution in [0.5, 0.6) is 11.5 Å². The molecule has 0 radical (unpaired) electrons. The normalized spacial score (nSPS) is 13.2. The van der Waals surface area contributed by atoms with Crippen molar-refractivity contribution in [1.82, 2.24) is 5.32 Å². The van der Waals surface area contributed by atoms with Crippen LogP contribution < -0.4 is 19.7 Å². The number of nitrogens with zero attached hydrogens (tertiary/aromatic N) is 1. The Balaban J connectivity index is 1.72. The molecule has 1 heterocycles. The number of hydrogen-bond acceptors (Lipinski definition) is 4. The predicted octanol–water partition coefficient (Wildman–Crippen LogP) is 2.52. The lowest BCUT2D eigenvalue weighted by Crippen LogP contribution is -2.47. The standard InChI is InChI=1S/C20H22N2O4/c1-14(23)21-17(10-8-15-6-4-3-5-7-15)20(24)22(2)16-9-11-18-19(12-16)26-13-25-18/h3-7,9,11-12,17H,8,10,13H2,1-2H3,(H,21,23)/t17-/m0/s1. The van der Waals surface area contributed by atoms with Crippen LogP contribution in [0.15, 0.2) is 48.5 Å². The van der Waals surface area contributed by atoms with Gasteiger partial charge in [-0.2, -0.15) is 0 Å². The predicted molar refractivity (Wildman–Crippen MR) is 98.3 cm³/mol. The van der Waals surface area contributed by atoms with Crippen molar-refractivity contribution >= 4 is 17.5 Å². The van der Waals surface area contributed by atoms with Crippen molar-refractivity contribution in [3.8, 4) is 11.5 Å². The molecular formula is C20H22N2O4. The molecule has 6 nitrogen and oxygen atoms in total. The van der Waals surface area contributed by atoms with Gasteiger partial charge in [0.2, 0.25) is 18.6 Å². The van der Waals surface area contributed by atoms with Crippen LogP contribution in [0.4, 0.5) is 5.69 Å². The van der Waals surface area contributed by atoms with E-state index in [1.165, 1.54) is 11.8 Å². The Morgan fingerprint density at radius 3 is 2.58 bits per heavy atom. The lowest BCUT2D eigenvalue weighted by Gasteiger charge is -2.24. The van der Waals surface area contributed by atoms with Gasteiger partial charge in [0.05, 0.1) is 0 Å². The minimum absolute atomic E-state index is 0.171. The van der Waals surface area contributed by atoms with Gasteiger partial charge in [-0.3, -0.25) is 9.59 Å². The van der Waals surface area contributed by atoms with Gasteiger partial charge >= 0.3 is 0 Å². The van der Waals surface area contributed by atoms with E-state index >= 15 is 0 Å². The van der Waals surface area contributed by atoms with Crippen molar-refractivity contribution in [2.24, 2.45) is 0 Å². The minimum Gasteiger partial charge on any atom is -0.454 e. The fourth-order valence-electron chi connectivity index (χ4n) is 2.91. The van der Waals surface area contributed by atoms with Crippen LogP contribution in [-0.2, 0) is 16.0 Å². The van der Waals surface area contributed by atoms with E-state index in [4.69, 9.17) is 9.47 Å². The van der Waals surface area contributed by atoms with Gasteiger partial charge in [0, 0.05) is 25.7 Å². The van der Waals surface area contributed by atoms with E-state index in [0.29, 0.717) is 30.0 Å². The summed E-state index contributed by atoms with van der Waals surface area (Å²) in [6.07, 6.45) is 1.23. The van der Waals surface area contributed by atoms with E-state index < -0.39 is 6.04 Å². The van der Waals surface area contributed by atoms with Gasteiger partial charge in [-0.15, -0.1) is 0 Å². The number of ether oxygens (including phenoxy) is 2. The number of carbonyl (C=O) groups is 2. The summed E-state index contributed by atoms with van der Waals surface area (Å²) < 4.78 is 10.7. The van der Waals surface area contributed by atoms with Crippen molar-refractivity contribution in [2.75, 3.05) is 18.7 Å². The van der Waals surface area contributed by atoms with Crippen LogP contribution in [0.3, 0.4) is 0 Å². The summed E-state index contributed by atoms with van der Waals surface area (Å²) in [7, 11) is 1.69. The average Bonchev–Trinajstić information content (AvgIpc) is 3.12. The number of carbonyl (C=O) groups excluding carboxylic acids is 2. The Bertz CT molecular complexity index is 792. The zero-order valence-corrected chi connectivity index (χ0v) is 14.9. The second-order valence-electron chi connectivity index (χ2n) is 6.21. The number of likely N-dealkylation sites (N-methyl/N-ethyl adjacent to an activating group) is 1. The highest BCUT2D eigenvalue weighted by atomic mass is 16.7. The maximum Gasteiger partial charge on any atom is 0.249 e. The van der Waals surface area contributed by atoms with Crippen LogP contribution in [0.25, 0.3) is 0 Å². The molecule has 0 unspecified atom stereocenters. The lowest BCUT2D eigenvalue weighted by atomic mass is 10.0. The van der Waals surface area contributed by atoms with E-state index in [1.807, 2.05) is 30.3 Å². The van der Waals surface area contributed by atoms with E-state index in [-0.39, 0.29) is 18.6 Å². The molecule has 1 N–H and O–H groups in total. The van der Waals surface area contributed by atoms with Crippen LogP contribution in [-0.4, -0.2) is 31.7 Å². The Kier molecular flexibility index (Phi) is 5.41. The molecule has 1 aliphatic rings. The van der Waals surface area contributed by atoms with Crippen molar-refractivity contribution in [3.63, 3.8) is 0 Å². The first kappa shape index (κ1) is 17.8. The number of aryl methyl sites for hydroxylation is 1. The largest absolute Gasteiger partial charge is 0.454 e. The molecule has 136 valence electrons. The molecule has 0 spiro atoms. The Morgan fingerprint density at radius 1 is 1.12 bits per heavy atom. The number of nitrogens with one attached hydrogen (secondary N) is 1. The summed E-state index contributed by atoms with van der Waals surface area (Å²) in [6, 6.07) is 14.6. The summed E-state index contributed by atoms with van der Waals surface area (Å²) in [5.74, 6) is 0.880. The molecule has 0 saturated carbocycles. The highest BCUT2D eigenvalue weighted by Crippen LogP contribution is 2.35. The molecule has 0 bridgehead atoms. The highest BCUT2D eigenvalue weighted by molar-refractivity contribution is 5.98. The zero-order chi connectivity index (χ0) is 18.5. The summed E-state index contributed by atoms with van der Waals surface area (Å²) in [4.78, 5) is 26.0. The Labute approximate surface area is 152 Å².